The number of hydrogen-bond donors (Lipinski definition) is 1. The zero-order chi connectivity index (χ0) is 36.5. The van der Waals surface area contributed by atoms with Gasteiger partial charge in [-0.2, -0.15) is 0 Å². The van der Waals surface area contributed by atoms with E-state index in [1.165, 1.54) is 26.0 Å². The molecule has 0 bridgehead atoms. The van der Waals surface area contributed by atoms with Gasteiger partial charge >= 0.3 is 23.9 Å². The van der Waals surface area contributed by atoms with E-state index in [1.54, 1.807) is 20.8 Å². The van der Waals surface area contributed by atoms with Crippen LogP contribution in [-0.4, -0.2) is 74.1 Å². The van der Waals surface area contributed by atoms with Crippen LogP contribution in [0.25, 0.3) is 0 Å². The molecule has 0 aromatic carbocycles. The van der Waals surface area contributed by atoms with Crippen LogP contribution in [0.3, 0.4) is 0 Å². The maximum atomic E-state index is 13.8. The number of nitrogens with one attached hydrogen (secondary N) is 1. The molecule has 1 N–H and O–H groups in total. The Hall–Kier alpha value is -2.93. The number of aliphatic imine (C=N–C) groups is 1. The summed E-state index contributed by atoms with van der Waals surface area (Å²) in [6.07, 6.45) is 3.15. The number of methoxy groups -OCH3 is 2. The Kier molecular flexibility index (Phi) is 11.9. The van der Waals surface area contributed by atoms with Gasteiger partial charge in [-0.25, -0.2) is 9.59 Å². The molecule has 4 atom stereocenters. The number of esters is 4. The number of thioether (sulfide) groups is 1. The van der Waals surface area contributed by atoms with Crippen LogP contribution in [-0.2, 0) is 42.9 Å². The van der Waals surface area contributed by atoms with Crippen molar-refractivity contribution in [2.24, 2.45) is 27.7 Å². The highest BCUT2D eigenvalue weighted by Crippen LogP contribution is 2.62. The first-order valence-electron chi connectivity index (χ1n) is 16.6. The molecule has 3 aliphatic rings. The highest BCUT2D eigenvalue weighted by atomic mass is 32.2. The minimum atomic E-state index is -1.56. The Morgan fingerprint density at radius 3 is 2.04 bits per heavy atom. The lowest BCUT2D eigenvalue weighted by Crippen LogP contribution is -2.42. The lowest BCUT2D eigenvalue weighted by molar-refractivity contribution is -0.154. The van der Waals surface area contributed by atoms with Crippen LogP contribution in [0.4, 0.5) is 0 Å². The second kappa shape index (κ2) is 14.5. The molecule has 3 aliphatic heterocycles. The Balaban J connectivity index is 2.22. The number of rotatable bonds is 12. The first kappa shape index (κ1) is 39.5. The molecule has 3 rings (SSSR count). The predicted octanol–water partition coefficient (Wildman–Crippen LogP) is 5.96. The van der Waals surface area contributed by atoms with Gasteiger partial charge in [0.05, 0.1) is 31.4 Å². The highest BCUT2D eigenvalue weighted by Gasteiger charge is 2.63. The standard InChI is InChI=1S/C35H54N2O9SSi/c1-32(2,3)46-31(42)28(30(41)45-17-18-48(10,11)12)29-22(14-16-26(39)44-9)33(4,5)24(36-29)19-23-21(13-15-25(38)43-8)34(6)20-27(40)47-35(34,7)37-23/h19,21-22,37H,13-18,20H2,1-12H3/b23-19-,29-28+. The summed E-state index contributed by atoms with van der Waals surface area (Å²) in [6.45, 7) is 19.8. The molecule has 2 fully saturated rings. The smallest absolute Gasteiger partial charge is 0.348 e. The van der Waals surface area contributed by atoms with E-state index in [2.05, 4.69) is 31.9 Å². The van der Waals surface area contributed by atoms with Gasteiger partial charge in [0.15, 0.2) is 10.7 Å². The molecule has 0 aliphatic carbocycles. The van der Waals surface area contributed by atoms with Gasteiger partial charge in [0, 0.05) is 61.4 Å². The van der Waals surface area contributed by atoms with Crippen LogP contribution in [0.15, 0.2) is 28.0 Å². The number of carbonyl (C=O) groups is 5. The van der Waals surface area contributed by atoms with Crippen molar-refractivity contribution < 1.29 is 42.9 Å². The van der Waals surface area contributed by atoms with Crippen molar-refractivity contribution in [3.05, 3.63) is 23.0 Å². The topological polar surface area (TPSA) is 147 Å². The van der Waals surface area contributed by atoms with Gasteiger partial charge in [-0.05, 0) is 52.7 Å². The maximum absolute atomic E-state index is 13.8. The number of fused-ring (bicyclic) bond motifs is 1. The summed E-state index contributed by atoms with van der Waals surface area (Å²) in [5.41, 5.74) is -0.853. The molecule has 2 saturated heterocycles. The molecule has 11 nitrogen and oxygen atoms in total. The average molecular weight is 707 g/mol. The molecule has 268 valence electrons. The molecule has 0 spiro atoms. The van der Waals surface area contributed by atoms with Crippen LogP contribution in [0.5, 0.6) is 0 Å². The number of allylic oxidation sites excluding steroid dienone is 3. The van der Waals surface area contributed by atoms with Crippen molar-refractivity contribution in [2.45, 2.75) is 117 Å². The van der Waals surface area contributed by atoms with E-state index in [0.29, 0.717) is 24.6 Å². The zero-order valence-electron chi connectivity index (χ0n) is 30.7. The van der Waals surface area contributed by atoms with Crippen molar-refractivity contribution in [3.8, 4) is 0 Å². The zero-order valence-corrected chi connectivity index (χ0v) is 32.5. The molecule has 0 amide bonds. The lowest BCUT2D eigenvalue weighted by Gasteiger charge is -2.35. The van der Waals surface area contributed by atoms with Gasteiger partial charge in [-0.1, -0.05) is 52.2 Å². The van der Waals surface area contributed by atoms with Crippen molar-refractivity contribution in [1.29, 1.82) is 0 Å². The predicted molar refractivity (Wildman–Crippen MR) is 188 cm³/mol. The minimum Gasteiger partial charge on any atom is -0.469 e. The SMILES string of the molecule is COC(=O)CCC1/C(=C(/C(=O)OCC[Si](C)(C)C)C(=O)OC(C)(C)C)N=C(/C=C2\NC3(C)SC(=O)CC3(C)C2CCC(=O)OC)C1(C)C. The van der Waals surface area contributed by atoms with E-state index in [9.17, 15) is 24.0 Å². The van der Waals surface area contributed by atoms with E-state index in [0.717, 1.165) is 5.70 Å². The summed E-state index contributed by atoms with van der Waals surface area (Å²) >= 11 is 1.26. The average Bonchev–Trinajstić information content (AvgIpc) is 3.39. The van der Waals surface area contributed by atoms with Gasteiger partial charge in [0.1, 0.15) is 5.60 Å². The summed E-state index contributed by atoms with van der Waals surface area (Å²) < 4.78 is 21.3. The van der Waals surface area contributed by atoms with Gasteiger partial charge < -0.3 is 24.3 Å². The third kappa shape index (κ3) is 8.80. The molecule has 0 saturated carbocycles. The molecule has 48 heavy (non-hydrogen) atoms. The fraction of sp³-hybridized carbons (Fsp3) is 0.714. The quantitative estimate of drug-likeness (QED) is 0.0641. The maximum Gasteiger partial charge on any atom is 0.348 e. The van der Waals surface area contributed by atoms with Crippen molar-refractivity contribution in [2.75, 3.05) is 20.8 Å². The van der Waals surface area contributed by atoms with Crippen LogP contribution >= 0.6 is 11.8 Å². The van der Waals surface area contributed by atoms with Crippen LogP contribution in [0.2, 0.25) is 25.7 Å². The number of carbonyl (C=O) groups excluding carboxylic acids is 5. The Labute approximate surface area is 290 Å². The summed E-state index contributed by atoms with van der Waals surface area (Å²) in [6, 6.07) is 0.713. The van der Waals surface area contributed by atoms with E-state index in [-0.39, 0.29) is 54.1 Å². The summed E-state index contributed by atoms with van der Waals surface area (Å²) in [5.74, 6) is -3.18. The van der Waals surface area contributed by atoms with E-state index in [4.69, 9.17) is 23.9 Å². The number of ether oxygens (including phenoxy) is 4. The molecular weight excluding hydrogens is 653 g/mol. The lowest BCUT2D eigenvalue weighted by atomic mass is 9.69. The monoisotopic (exact) mass is 706 g/mol. The highest BCUT2D eigenvalue weighted by molar-refractivity contribution is 8.15. The Morgan fingerprint density at radius 2 is 1.52 bits per heavy atom. The summed E-state index contributed by atoms with van der Waals surface area (Å²) in [7, 11) is 1.11. The second-order valence-corrected chi connectivity index (χ2v) is 23.2. The first-order chi connectivity index (χ1) is 22.0. The second-order valence-electron chi connectivity index (χ2n) is 16.1. The van der Waals surface area contributed by atoms with Gasteiger partial charge in [0.25, 0.3) is 0 Å². The van der Waals surface area contributed by atoms with Crippen molar-refractivity contribution >= 4 is 54.5 Å². The van der Waals surface area contributed by atoms with Crippen LogP contribution in [0, 0.1) is 22.7 Å². The van der Waals surface area contributed by atoms with E-state index in [1.807, 2.05) is 26.8 Å². The van der Waals surface area contributed by atoms with Crippen LogP contribution < -0.4 is 5.32 Å². The molecule has 0 aromatic heterocycles. The summed E-state index contributed by atoms with van der Waals surface area (Å²) in [4.78, 5) is 69.2. The van der Waals surface area contributed by atoms with Gasteiger partial charge in [-0.15, -0.1) is 0 Å². The molecule has 3 heterocycles. The first-order valence-corrected chi connectivity index (χ1v) is 21.1. The molecular formula is C35H54N2O9SSi. The normalized spacial score (nSPS) is 28.4. The number of nitrogens with zero attached hydrogens (tertiary/aromatic N) is 1. The minimum absolute atomic E-state index is 0.0363. The fourth-order valence-electron chi connectivity index (χ4n) is 6.63. The number of hydrogen-bond acceptors (Lipinski definition) is 12. The molecule has 0 radical (unpaired) electrons. The van der Waals surface area contributed by atoms with E-state index >= 15 is 0 Å². The van der Waals surface area contributed by atoms with E-state index < -0.39 is 53.2 Å². The summed E-state index contributed by atoms with van der Waals surface area (Å²) in [5, 5.41) is 3.67. The Morgan fingerprint density at radius 1 is 0.958 bits per heavy atom. The largest absolute Gasteiger partial charge is 0.469 e. The van der Waals surface area contributed by atoms with Crippen LogP contribution in [0.1, 0.15) is 80.6 Å². The molecule has 4 unspecified atom stereocenters. The van der Waals surface area contributed by atoms with Crippen molar-refractivity contribution in [1.82, 2.24) is 5.32 Å². The van der Waals surface area contributed by atoms with Gasteiger partial charge in [0.2, 0.25) is 0 Å². The third-order valence-corrected chi connectivity index (χ3v) is 12.8. The fourth-order valence-corrected chi connectivity index (χ4v) is 8.79. The van der Waals surface area contributed by atoms with Gasteiger partial charge in [-0.3, -0.25) is 19.4 Å². The molecule has 0 aromatic rings. The van der Waals surface area contributed by atoms with Crippen molar-refractivity contribution in [3.63, 3.8) is 0 Å². The Bertz CT molecular complexity index is 1420. The molecule has 13 heteroatoms. The third-order valence-electron chi connectivity index (χ3n) is 9.72.